The summed E-state index contributed by atoms with van der Waals surface area (Å²) in [5.41, 5.74) is 0.914. The highest BCUT2D eigenvalue weighted by Crippen LogP contribution is 2.28. The molecule has 1 fully saturated rings. The number of carbonyl (C=O) groups excluding carboxylic acids is 1. The minimum atomic E-state index is -0.237. The summed E-state index contributed by atoms with van der Waals surface area (Å²) < 4.78 is 18.5. The summed E-state index contributed by atoms with van der Waals surface area (Å²) in [5, 5.41) is 3.92. The molecule has 0 bridgehead atoms. The minimum Gasteiger partial charge on any atom is -0.339 e. The molecular formula is C19H24FN3O2. The molecule has 1 aliphatic rings. The number of nitrogens with zero attached hydrogens (tertiary/aromatic N) is 3. The molecule has 1 aliphatic carbocycles. The fourth-order valence-electron chi connectivity index (χ4n) is 2.80. The van der Waals surface area contributed by atoms with Crippen molar-refractivity contribution in [3.05, 3.63) is 47.4 Å². The zero-order chi connectivity index (χ0) is 17.8. The first-order valence-corrected chi connectivity index (χ1v) is 8.89. The lowest BCUT2D eigenvalue weighted by Gasteiger charge is -2.22. The van der Waals surface area contributed by atoms with Crippen LogP contribution in [0.3, 0.4) is 0 Å². The van der Waals surface area contributed by atoms with Gasteiger partial charge in [-0.05, 0) is 37.0 Å². The fourth-order valence-corrected chi connectivity index (χ4v) is 2.80. The van der Waals surface area contributed by atoms with Crippen LogP contribution in [-0.4, -0.2) is 33.5 Å². The molecule has 6 heteroatoms. The van der Waals surface area contributed by atoms with Gasteiger partial charge in [-0.25, -0.2) is 4.39 Å². The van der Waals surface area contributed by atoms with Crippen molar-refractivity contribution in [2.75, 3.05) is 6.54 Å². The third-order valence-electron chi connectivity index (χ3n) is 4.39. The molecule has 25 heavy (non-hydrogen) atoms. The van der Waals surface area contributed by atoms with Crippen LogP contribution >= 0.6 is 0 Å². The quantitative estimate of drug-likeness (QED) is 0.735. The van der Waals surface area contributed by atoms with Crippen molar-refractivity contribution >= 4 is 5.91 Å². The zero-order valence-electron chi connectivity index (χ0n) is 14.7. The van der Waals surface area contributed by atoms with Crippen LogP contribution in [0.25, 0.3) is 0 Å². The second-order valence-corrected chi connectivity index (χ2v) is 6.90. The highest BCUT2D eigenvalue weighted by atomic mass is 19.1. The van der Waals surface area contributed by atoms with Crippen LogP contribution in [0.2, 0.25) is 0 Å². The van der Waals surface area contributed by atoms with E-state index in [-0.39, 0.29) is 17.6 Å². The average molecular weight is 345 g/mol. The minimum absolute atomic E-state index is 0.100. The summed E-state index contributed by atoms with van der Waals surface area (Å²) >= 11 is 0. The molecule has 0 radical (unpaired) electrons. The predicted octanol–water partition coefficient (Wildman–Crippen LogP) is 3.50. The lowest BCUT2D eigenvalue weighted by atomic mass is 10.1. The standard InChI is InChI=1S/C19H24FN3O2/c1-13(2)19-21-17(25-22-19)8-9-18(24)23(16-6-7-16)11-10-14-4-3-5-15(20)12-14/h3-5,12-13,16H,6-11H2,1-2H3. The number of carbonyl (C=O) groups is 1. The summed E-state index contributed by atoms with van der Waals surface area (Å²) in [5.74, 6) is 1.26. The largest absolute Gasteiger partial charge is 0.339 e. The van der Waals surface area contributed by atoms with Crippen LogP contribution < -0.4 is 0 Å². The van der Waals surface area contributed by atoms with Crippen LogP contribution in [0.5, 0.6) is 0 Å². The van der Waals surface area contributed by atoms with Gasteiger partial charge in [0.2, 0.25) is 11.8 Å². The summed E-state index contributed by atoms with van der Waals surface area (Å²) in [6.07, 6.45) is 3.58. The van der Waals surface area contributed by atoms with Crippen molar-refractivity contribution in [2.24, 2.45) is 0 Å². The maximum Gasteiger partial charge on any atom is 0.227 e. The van der Waals surface area contributed by atoms with Crippen LogP contribution in [0, 0.1) is 5.82 Å². The molecule has 0 N–H and O–H groups in total. The van der Waals surface area contributed by atoms with Crippen LogP contribution in [0.4, 0.5) is 4.39 Å². The van der Waals surface area contributed by atoms with Gasteiger partial charge in [-0.15, -0.1) is 0 Å². The SMILES string of the molecule is CC(C)c1noc(CCC(=O)N(CCc2cccc(F)c2)C2CC2)n1. The molecular weight excluding hydrogens is 321 g/mol. The highest BCUT2D eigenvalue weighted by Gasteiger charge is 2.32. The number of hydrogen-bond acceptors (Lipinski definition) is 4. The number of aryl methyl sites for hydroxylation is 1. The Balaban J connectivity index is 1.53. The van der Waals surface area contributed by atoms with Gasteiger partial charge in [-0.1, -0.05) is 31.1 Å². The number of rotatable bonds is 8. The van der Waals surface area contributed by atoms with Crippen LogP contribution in [-0.2, 0) is 17.6 Å². The predicted molar refractivity (Wildman–Crippen MR) is 91.5 cm³/mol. The normalized spacial score (nSPS) is 14.1. The molecule has 1 saturated carbocycles. The van der Waals surface area contributed by atoms with Crippen LogP contribution in [0.1, 0.15) is 56.3 Å². The number of aromatic nitrogens is 2. The second kappa shape index (κ2) is 7.76. The first kappa shape index (κ1) is 17.6. The molecule has 0 spiro atoms. The highest BCUT2D eigenvalue weighted by molar-refractivity contribution is 5.77. The summed E-state index contributed by atoms with van der Waals surface area (Å²) in [4.78, 5) is 18.8. The van der Waals surface area contributed by atoms with Crippen molar-refractivity contribution in [3.63, 3.8) is 0 Å². The fraction of sp³-hybridized carbons (Fsp3) is 0.526. The van der Waals surface area contributed by atoms with E-state index in [9.17, 15) is 9.18 Å². The van der Waals surface area contributed by atoms with Gasteiger partial charge in [-0.2, -0.15) is 4.98 Å². The molecule has 1 amide bonds. The molecule has 1 aromatic carbocycles. The summed E-state index contributed by atoms with van der Waals surface area (Å²) in [6, 6.07) is 6.89. The van der Waals surface area contributed by atoms with E-state index < -0.39 is 0 Å². The van der Waals surface area contributed by atoms with Crippen molar-refractivity contribution in [2.45, 2.75) is 57.9 Å². The van der Waals surface area contributed by atoms with Crippen molar-refractivity contribution in [1.82, 2.24) is 15.0 Å². The van der Waals surface area contributed by atoms with E-state index in [0.29, 0.717) is 43.6 Å². The van der Waals surface area contributed by atoms with Gasteiger partial charge in [0.1, 0.15) is 5.82 Å². The van der Waals surface area contributed by atoms with Gasteiger partial charge in [0.15, 0.2) is 5.82 Å². The van der Waals surface area contributed by atoms with Gasteiger partial charge in [0.25, 0.3) is 0 Å². The molecule has 1 aromatic heterocycles. The van der Waals surface area contributed by atoms with Crippen molar-refractivity contribution in [1.29, 1.82) is 0 Å². The smallest absolute Gasteiger partial charge is 0.227 e. The van der Waals surface area contributed by atoms with Gasteiger partial charge in [0.05, 0.1) is 0 Å². The Bertz CT molecular complexity index is 725. The van der Waals surface area contributed by atoms with Crippen LogP contribution in [0.15, 0.2) is 28.8 Å². The van der Waals surface area contributed by atoms with Crippen molar-refractivity contribution < 1.29 is 13.7 Å². The average Bonchev–Trinajstić information content (AvgIpc) is 3.29. The van der Waals surface area contributed by atoms with Gasteiger partial charge in [0, 0.05) is 31.3 Å². The molecule has 2 aromatic rings. The Hall–Kier alpha value is -2.24. The molecule has 3 rings (SSSR count). The zero-order valence-corrected chi connectivity index (χ0v) is 14.7. The van der Waals surface area contributed by atoms with E-state index in [1.807, 2.05) is 24.8 Å². The van der Waals surface area contributed by atoms with Gasteiger partial charge in [-0.3, -0.25) is 4.79 Å². The van der Waals surface area contributed by atoms with E-state index in [0.717, 1.165) is 18.4 Å². The van der Waals surface area contributed by atoms with Crippen molar-refractivity contribution in [3.8, 4) is 0 Å². The number of benzene rings is 1. The second-order valence-electron chi connectivity index (χ2n) is 6.90. The third kappa shape index (κ3) is 4.87. The lowest BCUT2D eigenvalue weighted by molar-refractivity contribution is -0.131. The Labute approximate surface area is 147 Å². The Kier molecular flexibility index (Phi) is 5.46. The number of amides is 1. The lowest BCUT2D eigenvalue weighted by Crippen LogP contribution is -2.35. The van der Waals surface area contributed by atoms with E-state index in [2.05, 4.69) is 10.1 Å². The van der Waals surface area contributed by atoms with Gasteiger partial charge >= 0.3 is 0 Å². The Morgan fingerprint density at radius 2 is 2.16 bits per heavy atom. The first-order chi connectivity index (χ1) is 12.0. The molecule has 5 nitrogen and oxygen atoms in total. The monoisotopic (exact) mass is 345 g/mol. The number of halogens is 1. The maximum atomic E-state index is 13.3. The van der Waals surface area contributed by atoms with E-state index in [1.165, 1.54) is 12.1 Å². The third-order valence-corrected chi connectivity index (χ3v) is 4.39. The van der Waals surface area contributed by atoms with E-state index in [1.54, 1.807) is 6.07 Å². The first-order valence-electron chi connectivity index (χ1n) is 8.89. The maximum absolute atomic E-state index is 13.3. The molecule has 134 valence electrons. The van der Waals surface area contributed by atoms with E-state index in [4.69, 9.17) is 4.52 Å². The molecule has 0 unspecified atom stereocenters. The topological polar surface area (TPSA) is 59.2 Å². The molecule has 0 atom stereocenters. The Morgan fingerprint density at radius 1 is 1.36 bits per heavy atom. The van der Waals surface area contributed by atoms with Gasteiger partial charge < -0.3 is 9.42 Å². The summed E-state index contributed by atoms with van der Waals surface area (Å²) in [6.45, 7) is 4.62. The van der Waals surface area contributed by atoms with E-state index >= 15 is 0 Å². The Morgan fingerprint density at radius 3 is 2.80 bits per heavy atom. The molecule has 0 saturated heterocycles. The number of hydrogen-bond donors (Lipinski definition) is 0. The molecule has 1 heterocycles. The summed E-state index contributed by atoms with van der Waals surface area (Å²) in [7, 11) is 0. The molecule has 0 aliphatic heterocycles.